The molecule has 1 saturated carbocycles. The summed E-state index contributed by atoms with van der Waals surface area (Å²) in [6, 6.07) is 9.32. The van der Waals surface area contributed by atoms with E-state index in [2.05, 4.69) is 52.0 Å². The Morgan fingerprint density at radius 2 is 1.85 bits per heavy atom. The normalized spacial score (nSPS) is 26.5. The van der Waals surface area contributed by atoms with Gasteiger partial charge in [-0.3, -0.25) is 0 Å². The Labute approximate surface area is 124 Å². The Bertz CT molecular complexity index is 499. The minimum atomic E-state index is -0.118. The van der Waals surface area contributed by atoms with Crippen LogP contribution in [0.5, 0.6) is 0 Å². The van der Waals surface area contributed by atoms with E-state index in [-0.39, 0.29) is 5.41 Å². The SMILES string of the molecule is Cc1ccc(CC2(C#N)CCC(C(C)C)CC2)cc1C. The summed E-state index contributed by atoms with van der Waals surface area (Å²) in [5.74, 6) is 1.57. The molecule has 0 aromatic heterocycles. The zero-order chi connectivity index (χ0) is 14.8. The Hall–Kier alpha value is -1.29. The molecule has 1 aliphatic carbocycles. The lowest BCUT2D eigenvalue weighted by Gasteiger charge is -2.36. The van der Waals surface area contributed by atoms with Gasteiger partial charge >= 0.3 is 0 Å². The van der Waals surface area contributed by atoms with E-state index in [1.807, 2.05) is 0 Å². The molecule has 0 saturated heterocycles. The molecule has 1 fully saturated rings. The first-order chi connectivity index (χ1) is 9.46. The maximum atomic E-state index is 9.70. The zero-order valence-electron chi connectivity index (χ0n) is 13.4. The van der Waals surface area contributed by atoms with Crippen molar-refractivity contribution in [3.8, 4) is 6.07 Å². The summed E-state index contributed by atoms with van der Waals surface area (Å²) in [7, 11) is 0. The summed E-state index contributed by atoms with van der Waals surface area (Å²) in [6.07, 6.45) is 5.50. The number of nitriles is 1. The van der Waals surface area contributed by atoms with Gasteiger partial charge in [0.15, 0.2) is 0 Å². The summed E-state index contributed by atoms with van der Waals surface area (Å²) < 4.78 is 0. The summed E-state index contributed by atoms with van der Waals surface area (Å²) in [5, 5.41) is 9.70. The minimum absolute atomic E-state index is 0.118. The van der Waals surface area contributed by atoms with Crippen molar-refractivity contribution in [2.24, 2.45) is 17.3 Å². The number of aryl methyl sites for hydroxylation is 2. The van der Waals surface area contributed by atoms with Crippen molar-refractivity contribution >= 4 is 0 Å². The van der Waals surface area contributed by atoms with Gasteiger partial charge < -0.3 is 0 Å². The molecular weight excluding hydrogens is 242 g/mol. The first-order valence-electron chi connectivity index (χ1n) is 7.93. The van der Waals surface area contributed by atoms with Gasteiger partial charge in [-0.2, -0.15) is 5.26 Å². The molecule has 1 heteroatoms. The molecule has 1 aromatic rings. The Kier molecular flexibility index (Phi) is 4.53. The van der Waals surface area contributed by atoms with Crippen molar-refractivity contribution in [3.63, 3.8) is 0 Å². The van der Waals surface area contributed by atoms with Crippen LogP contribution in [-0.4, -0.2) is 0 Å². The summed E-state index contributed by atoms with van der Waals surface area (Å²) >= 11 is 0. The van der Waals surface area contributed by atoms with Crippen molar-refractivity contribution in [1.82, 2.24) is 0 Å². The summed E-state index contributed by atoms with van der Waals surface area (Å²) in [4.78, 5) is 0. The van der Waals surface area contributed by atoms with Crippen molar-refractivity contribution < 1.29 is 0 Å². The zero-order valence-corrected chi connectivity index (χ0v) is 13.4. The molecule has 0 bridgehead atoms. The third-order valence-corrected chi connectivity index (χ3v) is 5.28. The minimum Gasteiger partial charge on any atom is -0.198 e. The van der Waals surface area contributed by atoms with Crippen LogP contribution in [-0.2, 0) is 6.42 Å². The van der Waals surface area contributed by atoms with E-state index in [9.17, 15) is 5.26 Å². The fourth-order valence-corrected chi connectivity index (χ4v) is 3.49. The van der Waals surface area contributed by atoms with Gasteiger partial charge in [0.25, 0.3) is 0 Å². The Morgan fingerprint density at radius 1 is 1.20 bits per heavy atom. The standard InChI is InChI=1S/C19H27N/c1-14(2)18-7-9-19(13-20,10-8-18)12-17-6-5-15(3)16(4)11-17/h5-6,11,14,18H,7-10,12H2,1-4H3. The highest BCUT2D eigenvalue weighted by Gasteiger charge is 2.36. The largest absolute Gasteiger partial charge is 0.198 e. The molecule has 0 unspecified atom stereocenters. The summed E-state index contributed by atoms with van der Waals surface area (Å²) in [5.41, 5.74) is 3.89. The quantitative estimate of drug-likeness (QED) is 0.739. The van der Waals surface area contributed by atoms with E-state index < -0.39 is 0 Å². The Balaban J connectivity index is 2.10. The molecule has 0 atom stereocenters. The predicted molar refractivity (Wildman–Crippen MR) is 84.5 cm³/mol. The predicted octanol–water partition coefficient (Wildman–Crippen LogP) is 5.20. The van der Waals surface area contributed by atoms with Gasteiger partial charge in [-0.05, 0) is 74.5 Å². The third-order valence-electron chi connectivity index (χ3n) is 5.28. The van der Waals surface area contributed by atoms with Gasteiger partial charge in [0.2, 0.25) is 0 Å². The lowest BCUT2D eigenvalue weighted by molar-refractivity contribution is 0.175. The van der Waals surface area contributed by atoms with Crippen LogP contribution in [0, 0.1) is 42.4 Å². The van der Waals surface area contributed by atoms with Crippen molar-refractivity contribution in [2.45, 2.75) is 59.8 Å². The van der Waals surface area contributed by atoms with Crippen molar-refractivity contribution in [2.75, 3.05) is 0 Å². The number of benzene rings is 1. The lowest BCUT2D eigenvalue weighted by atomic mass is 9.66. The van der Waals surface area contributed by atoms with E-state index in [1.165, 1.54) is 29.5 Å². The average Bonchev–Trinajstić information content (AvgIpc) is 2.43. The van der Waals surface area contributed by atoms with E-state index in [0.717, 1.165) is 31.1 Å². The maximum Gasteiger partial charge on any atom is 0.0693 e. The third kappa shape index (κ3) is 3.23. The van der Waals surface area contributed by atoms with Gasteiger partial charge in [-0.25, -0.2) is 0 Å². The molecule has 0 amide bonds. The first kappa shape index (κ1) is 15.1. The second-order valence-electron chi connectivity index (χ2n) is 7.07. The van der Waals surface area contributed by atoms with Gasteiger partial charge in [0.05, 0.1) is 11.5 Å². The number of hydrogen-bond donors (Lipinski definition) is 0. The van der Waals surface area contributed by atoms with E-state index in [4.69, 9.17) is 0 Å². The average molecular weight is 269 g/mol. The lowest BCUT2D eigenvalue weighted by Crippen LogP contribution is -2.30. The topological polar surface area (TPSA) is 23.8 Å². The number of nitrogens with zero attached hydrogens (tertiary/aromatic N) is 1. The van der Waals surface area contributed by atoms with Crippen LogP contribution >= 0.6 is 0 Å². The second kappa shape index (κ2) is 6.00. The van der Waals surface area contributed by atoms with Crippen LogP contribution in [0.1, 0.15) is 56.2 Å². The van der Waals surface area contributed by atoms with E-state index >= 15 is 0 Å². The highest BCUT2D eigenvalue weighted by Crippen LogP contribution is 2.43. The van der Waals surface area contributed by atoms with Crippen molar-refractivity contribution in [1.29, 1.82) is 5.26 Å². The molecule has 1 aliphatic rings. The highest BCUT2D eigenvalue weighted by molar-refractivity contribution is 5.31. The molecule has 0 aliphatic heterocycles. The van der Waals surface area contributed by atoms with Gasteiger partial charge in [0.1, 0.15) is 0 Å². The van der Waals surface area contributed by atoms with Gasteiger partial charge in [-0.1, -0.05) is 32.0 Å². The molecule has 0 spiro atoms. The highest BCUT2D eigenvalue weighted by atomic mass is 14.4. The summed E-state index contributed by atoms with van der Waals surface area (Å²) in [6.45, 7) is 8.93. The molecule has 0 radical (unpaired) electrons. The monoisotopic (exact) mass is 269 g/mol. The Morgan fingerprint density at radius 3 is 2.35 bits per heavy atom. The number of hydrogen-bond acceptors (Lipinski definition) is 1. The fraction of sp³-hybridized carbons (Fsp3) is 0.632. The van der Waals surface area contributed by atoms with Gasteiger partial charge in [0, 0.05) is 0 Å². The van der Waals surface area contributed by atoms with Crippen LogP contribution in [0.25, 0.3) is 0 Å². The maximum absolute atomic E-state index is 9.70. The number of rotatable bonds is 3. The molecule has 1 nitrogen and oxygen atoms in total. The van der Waals surface area contributed by atoms with Gasteiger partial charge in [-0.15, -0.1) is 0 Å². The van der Waals surface area contributed by atoms with Crippen LogP contribution in [0.15, 0.2) is 18.2 Å². The molecule has 0 heterocycles. The van der Waals surface area contributed by atoms with E-state index in [0.29, 0.717) is 0 Å². The van der Waals surface area contributed by atoms with Crippen LogP contribution in [0.2, 0.25) is 0 Å². The van der Waals surface area contributed by atoms with Crippen LogP contribution in [0.3, 0.4) is 0 Å². The van der Waals surface area contributed by atoms with Crippen LogP contribution in [0.4, 0.5) is 0 Å². The fourth-order valence-electron chi connectivity index (χ4n) is 3.49. The second-order valence-corrected chi connectivity index (χ2v) is 7.07. The van der Waals surface area contributed by atoms with Crippen LogP contribution < -0.4 is 0 Å². The molecule has 20 heavy (non-hydrogen) atoms. The molecule has 1 aromatic carbocycles. The molecule has 108 valence electrons. The molecule has 0 N–H and O–H groups in total. The van der Waals surface area contributed by atoms with E-state index in [1.54, 1.807) is 0 Å². The van der Waals surface area contributed by atoms with Crippen molar-refractivity contribution in [3.05, 3.63) is 34.9 Å². The molecular formula is C19H27N. The smallest absolute Gasteiger partial charge is 0.0693 e. The first-order valence-corrected chi connectivity index (χ1v) is 7.93. The molecule has 2 rings (SSSR count).